The highest BCUT2D eigenvalue weighted by Gasteiger charge is 2.10. The molecule has 0 bridgehead atoms. The molecule has 0 saturated carbocycles. The van der Waals surface area contributed by atoms with Gasteiger partial charge in [-0.05, 0) is 35.9 Å². The van der Waals surface area contributed by atoms with Crippen molar-refractivity contribution in [1.82, 2.24) is 5.32 Å². The highest BCUT2D eigenvalue weighted by Crippen LogP contribution is 2.27. The van der Waals surface area contributed by atoms with E-state index in [-0.39, 0.29) is 17.9 Å². The van der Waals surface area contributed by atoms with E-state index in [1.165, 1.54) is 20.3 Å². The topological polar surface area (TPSA) is 84.9 Å². The van der Waals surface area contributed by atoms with Crippen LogP contribution in [0, 0.1) is 0 Å². The summed E-state index contributed by atoms with van der Waals surface area (Å²) >= 11 is 0. The predicted octanol–water partition coefficient (Wildman–Crippen LogP) is 2.37. The van der Waals surface area contributed by atoms with Crippen LogP contribution in [0.1, 0.15) is 26.3 Å². The Labute approximate surface area is 140 Å². The summed E-state index contributed by atoms with van der Waals surface area (Å²) in [5.74, 6) is -0.00593. The number of hydrogen-bond donors (Lipinski definition) is 2. The fourth-order valence-electron chi connectivity index (χ4n) is 2.25. The van der Waals surface area contributed by atoms with Gasteiger partial charge in [0.25, 0.3) is 0 Å². The van der Waals surface area contributed by atoms with Crippen LogP contribution in [0.5, 0.6) is 11.5 Å². The second kappa shape index (κ2) is 8.12. The van der Waals surface area contributed by atoms with Crippen LogP contribution in [0.2, 0.25) is 0 Å². The van der Waals surface area contributed by atoms with Gasteiger partial charge in [0.1, 0.15) is 0 Å². The first kappa shape index (κ1) is 17.5. The van der Waals surface area contributed by atoms with Gasteiger partial charge in [0.2, 0.25) is 0 Å². The summed E-state index contributed by atoms with van der Waals surface area (Å²) in [7, 11) is 3.05. The van der Waals surface area contributed by atoms with Gasteiger partial charge in [-0.2, -0.15) is 0 Å². The molecule has 126 valence electrons. The molecular weight excluding hydrogens is 310 g/mol. The zero-order valence-electron chi connectivity index (χ0n) is 13.5. The average molecular weight is 329 g/mol. The lowest BCUT2D eigenvalue weighted by atomic mass is 10.1. The van der Waals surface area contributed by atoms with E-state index in [4.69, 9.17) is 14.6 Å². The standard InChI is InChI=1S/C18H19NO5/c1-23-16-7-6-13(9-17(16)24-2)15(20)11-19-10-12-4-3-5-14(8-12)18(21)22/h3-9,19H,10-11H2,1-2H3,(H,21,22). The molecule has 6 nitrogen and oxygen atoms in total. The van der Waals surface area contributed by atoms with Crippen LogP contribution in [-0.4, -0.2) is 37.6 Å². The van der Waals surface area contributed by atoms with E-state index in [0.717, 1.165) is 5.56 Å². The molecule has 0 saturated heterocycles. The molecule has 0 atom stereocenters. The summed E-state index contributed by atoms with van der Waals surface area (Å²) in [6, 6.07) is 11.6. The van der Waals surface area contributed by atoms with Gasteiger partial charge in [-0.15, -0.1) is 0 Å². The van der Waals surface area contributed by atoms with Crippen molar-refractivity contribution in [1.29, 1.82) is 0 Å². The average Bonchev–Trinajstić information content (AvgIpc) is 2.61. The van der Waals surface area contributed by atoms with Crippen molar-refractivity contribution >= 4 is 11.8 Å². The van der Waals surface area contributed by atoms with Gasteiger partial charge in [0.15, 0.2) is 17.3 Å². The third kappa shape index (κ3) is 4.33. The molecule has 0 spiro atoms. The van der Waals surface area contributed by atoms with Crippen molar-refractivity contribution < 1.29 is 24.2 Å². The van der Waals surface area contributed by atoms with Gasteiger partial charge < -0.3 is 19.9 Å². The highest BCUT2D eigenvalue weighted by molar-refractivity contribution is 5.98. The van der Waals surface area contributed by atoms with Gasteiger partial charge in [0, 0.05) is 12.1 Å². The van der Waals surface area contributed by atoms with Crippen LogP contribution in [0.25, 0.3) is 0 Å². The van der Waals surface area contributed by atoms with E-state index in [2.05, 4.69) is 5.32 Å². The summed E-state index contributed by atoms with van der Waals surface area (Å²) in [6.07, 6.45) is 0. The molecule has 24 heavy (non-hydrogen) atoms. The molecule has 2 rings (SSSR count). The van der Waals surface area contributed by atoms with Gasteiger partial charge in [0.05, 0.1) is 26.3 Å². The van der Waals surface area contributed by atoms with Crippen LogP contribution in [0.15, 0.2) is 42.5 Å². The Bertz CT molecular complexity index is 742. The Morgan fingerprint density at radius 2 is 1.75 bits per heavy atom. The minimum Gasteiger partial charge on any atom is -0.493 e. The van der Waals surface area contributed by atoms with Crippen LogP contribution >= 0.6 is 0 Å². The lowest BCUT2D eigenvalue weighted by Crippen LogP contribution is -2.22. The molecule has 2 aromatic rings. The van der Waals surface area contributed by atoms with E-state index in [1.54, 1.807) is 36.4 Å². The van der Waals surface area contributed by atoms with E-state index in [0.29, 0.717) is 23.6 Å². The lowest BCUT2D eigenvalue weighted by molar-refractivity contribution is 0.0696. The van der Waals surface area contributed by atoms with Crippen molar-refractivity contribution in [3.05, 3.63) is 59.2 Å². The number of carboxylic acids is 1. The van der Waals surface area contributed by atoms with E-state index in [9.17, 15) is 9.59 Å². The molecule has 0 fully saturated rings. The van der Waals surface area contributed by atoms with Gasteiger partial charge in [-0.1, -0.05) is 12.1 Å². The molecule has 0 unspecified atom stereocenters. The fraction of sp³-hybridized carbons (Fsp3) is 0.222. The number of aromatic carboxylic acids is 1. The number of rotatable bonds is 8. The molecule has 0 aromatic heterocycles. The first-order valence-corrected chi connectivity index (χ1v) is 7.33. The fourth-order valence-corrected chi connectivity index (χ4v) is 2.25. The quantitative estimate of drug-likeness (QED) is 0.723. The van der Waals surface area contributed by atoms with Crippen molar-refractivity contribution in [3.8, 4) is 11.5 Å². The summed E-state index contributed by atoms with van der Waals surface area (Å²) in [5, 5.41) is 12.0. The maximum Gasteiger partial charge on any atom is 0.335 e. The number of hydrogen-bond acceptors (Lipinski definition) is 5. The number of Topliss-reactive ketones (excluding diaryl/α,β-unsaturated/α-hetero) is 1. The Balaban J connectivity index is 1.96. The number of carbonyl (C=O) groups is 2. The zero-order chi connectivity index (χ0) is 17.5. The molecule has 2 aromatic carbocycles. The number of methoxy groups -OCH3 is 2. The SMILES string of the molecule is COc1ccc(C(=O)CNCc2cccc(C(=O)O)c2)cc1OC. The molecule has 2 N–H and O–H groups in total. The van der Waals surface area contributed by atoms with Gasteiger partial charge in [-0.25, -0.2) is 4.79 Å². The van der Waals surface area contributed by atoms with Gasteiger partial charge >= 0.3 is 5.97 Å². The second-order valence-corrected chi connectivity index (χ2v) is 5.10. The monoisotopic (exact) mass is 329 g/mol. The maximum absolute atomic E-state index is 12.2. The van der Waals surface area contributed by atoms with Crippen LogP contribution in [0.3, 0.4) is 0 Å². The molecule has 0 aliphatic carbocycles. The first-order chi connectivity index (χ1) is 11.5. The molecule has 0 heterocycles. The minimum atomic E-state index is -0.974. The maximum atomic E-state index is 12.2. The zero-order valence-corrected chi connectivity index (χ0v) is 13.5. The number of ketones is 1. The third-order valence-electron chi connectivity index (χ3n) is 3.49. The van der Waals surface area contributed by atoms with Crippen molar-refractivity contribution in [3.63, 3.8) is 0 Å². The Morgan fingerprint density at radius 1 is 1.00 bits per heavy atom. The molecular formula is C18H19NO5. The van der Waals surface area contributed by atoms with E-state index < -0.39 is 5.97 Å². The Morgan fingerprint density at radius 3 is 2.42 bits per heavy atom. The number of nitrogens with one attached hydrogen (secondary N) is 1. The summed E-state index contributed by atoms with van der Waals surface area (Å²) < 4.78 is 10.3. The molecule has 0 radical (unpaired) electrons. The van der Waals surface area contributed by atoms with Crippen LogP contribution in [-0.2, 0) is 6.54 Å². The third-order valence-corrected chi connectivity index (χ3v) is 3.49. The predicted molar refractivity (Wildman–Crippen MR) is 89.0 cm³/mol. The highest BCUT2D eigenvalue weighted by atomic mass is 16.5. The first-order valence-electron chi connectivity index (χ1n) is 7.33. The summed E-state index contributed by atoms with van der Waals surface area (Å²) in [5.41, 5.74) is 1.54. The minimum absolute atomic E-state index is 0.0923. The van der Waals surface area contributed by atoms with Crippen LogP contribution < -0.4 is 14.8 Å². The Kier molecular flexibility index (Phi) is 5.92. The summed E-state index contributed by atoms with van der Waals surface area (Å²) in [4.78, 5) is 23.2. The Hall–Kier alpha value is -2.86. The largest absolute Gasteiger partial charge is 0.493 e. The lowest BCUT2D eigenvalue weighted by Gasteiger charge is -2.09. The van der Waals surface area contributed by atoms with Crippen molar-refractivity contribution in [2.24, 2.45) is 0 Å². The molecule has 6 heteroatoms. The van der Waals surface area contributed by atoms with E-state index >= 15 is 0 Å². The summed E-state index contributed by atoms with van der Waals surface area (Å²) in [6.45, 7) is 0.535. The second-order valence-electron chi connectivity index (χ2n) is 5.10. The normalized spacial score (nSPS) is 10.2. The number of ether oxygens (including phenoxy) is 2. The van der Waals surface area contributed by atoms with Gasteiger partial charge in [-0.3, -0.25) is 4.79 Å². The van der Waals surface area contributed by atoms with Crippen molar-refractivity contribution in [2.45, 2.75) is 6.54 Å². The number of carbonyl (C=O) groups excluding carboxylic acids is 1. The number of carboxylic acid groups (broad SMARTS) is 1. The number of benzene rings is 2. The van der Waals surface area contributed by atoms with E-state index in [1.807, 2.05) is 0 Å². The molecule has 0 aliphatic rings. The molecule has 0 amide bonds. The smallest absolute Gasteiger partial charge is 0.335 e. The van der Waals surface area contributed by atoms with Crippen molar-refractivity contribution in [2.75, 3.05) is 20.8 Å². The van der Waals surface area contributed by atoms with Crippen LogP contribution in [0.4, 0.5) is 0 Å². The molecule has 0 aliphatic heterocycles.